The zero-order valence-corrected chi connectivity index (χ0v) is 18.5. The normalized spacial score (nSPS) is 25.8. The van der Waals surface area contributed by atoms with Crippen LogP contribution >= 0.6 is 0 Å². The number of fused-ring (bicyclic) bond motifs is 7. The Morgan fingerprint density at radius 1 is 1.16 bits per heavy atom. The second-order valence-electron chi connectivity index (χ2n) is 9.54. The lowest BCUT2D eigenvalue weighted by Gasteiger charge is -2.52. The summed E-state index contributed by atoms with van der Waals surface area (Å²) in [5.41, 5.74) is 4.44. The van der Waals surface area contributed by atoms with E-state index in [1.54, 1.807) is 14.2 Å². The van der Waals surface area contributed by atoms with E-state index in [9.17, 15) is 9.59 Å². The summed E-state index contributed by atoms with van der Waals surface area (Å²) in [6, 6.07) is 4.21. The molecule has 2 aromatic rings. The van der Waals surface area contributed by atoms with Crippen LogP contribution in [-0.4, -0.2) is 71.7 Å². The largest absolute Gasteiger partial charge is 0.493 e. The van der Waals surface area contributed by atoms with E-state index in [0.717, 1.165) is 48.2 Å². The number of aromatic nitrogens is 2. The summed E-state index contributed by atoms with van der Waals surface area (Å²) in [6.45, 7) is 2.20. The van der Waals surface area contributed by atoms with Crippen molar-refractivity contribution in [2.75, 3.05) is 33.9 Å². The van der Waals surface area contributed by atoms with Crippen LogP contribution < -0.4 is 9.47 Å². The molecule has 8 nitrogen and oxygen atoms in total. The number of nitrogens with zero attached hydrogens (tertiary/aromatic N) is 3. The van der Waals surface area contributed by atoms with Crippen molar-refractivity contribution in [3.8, 4) is 22.8 Å². The molecule has 1 N–H and O–H groups in total. The summed E-state index contributed by atoms with van der Waals surface area (Å²) < 4.78 is 10.9. The van der Waals surface area contributed by atoms with Gasteiger partial charge in [0.2, 0.25) is 5.91 Å². The molecule has 0 unspecified atom stereocenters. The van der Waals surface area contributed by atoms with Crippen LogP contribution in [0.1, 0.15) is 47.3 Å². The van der Waals surface area contributed by atoms with Gasteiger partial charge in [-0.3, -0.25) is 14.7 Å². The highest BCUT2D eigenvalue weighted by Gasteiger charge is 2.45. The zero-order chi connectivity index (χ0) is 22.0. The Morgan fingerprint density at radius 2 is 1.97 bits per heavy atom. The topological polar surface area (TPSA) is 87.8 Å². The molecular weight excluding hydrogens is 408 g/mol. The fourth-order valence-corrected chi connectivity index (χ4v) is 6.35. The second kappa shape index (κ2) is 7.25. The molecule has 0 saturated carbocycles. The van der Waals surface area contributed by atoms with Gasteiger partial charge in [-0.2, -0.15) is 5.10 Å². The first kappa shape index (κ1) is 19.6. The molecule has 3 saturated heterocycles. The van der Waals surface area contributed by atoms with Gasteiger partial charge in [-0.1, -0.05) is 0 Å². The van der Waals surface area contributed by atoms with Gasteiger partial charge in [-0.15, -0.1) is 0 Å². The van der Waals surface area contributed by atoms with E-state index in [2.05, 4.69) is 15.1 Å². The summed E-state index contributed by atoms with van der Waals surface area (Å²) in [7, 11) is 3.25. The molecule has 32 heavy (non-hydrogen) atoms. The predicted octanol–water partition coefficient (Wildman–Crippen LogP) is 2.47. The lowest BCUT2D eigenvalue weighted by molar-refractivity contribution is -0.144. The molecule has 4 aliphatic rings. The molecule has 3 atom stereocenters. The van der Waals surface area contributed by atoms with Gasteiger partial charge in [0.1, 0.15) is 5.69 Å². The van der Waals surface area contributed by atoms with Crippen molar-refractivity contribution in [3.05, 3.63) is 29.0 Å². The maximum Gasteiger partial charge on any atom is 0.272 e. The maximum atomic E-state index is 13.6. The van der Waals surface area contributed by atoms with Gasteiger partial charge in [0, 0.05) is 49.6 Å². The van der Waals surface area contributed by atoms with Crippen LogP contribution in [0.3, 0.4) is 0 Å². The summed E-state index contributed by atoms with van der Waals surface area (Å²) in [5, 5.41) is 7.54. The van der Waals surface area contributed by atoms with Gasteiger partial charge < -0.3 is 19.3 Å². The minimum absolute atomic E-state index is 0.0239. The number of H-pyrrole nitrogens is 1. The Morgan fingerprint density at radius 3 is 2.78 bits per heavy atom. The highest BCUT2D eigenvalue weighted by Crippen LogP contribution is 2.43. The molecule has 2 bridgehead atoms. The standard InChI is InChI=1S/C24H28N4O4/c1-31-19-8-14-7-17-22(16(14)9-20(19)32-2)25-26-23(17)24(30)27-10-13-6-15(12-27)18-4-3-5-21(29)28(18)11-13/h8-9,13,15,18H,3-7,10-12H2,1-2H3,(H,25,26)/t13-,15+,18+/m1/s1. The number of carbonyl (C=O) groups is 2. The third-order valence-corrected chi connectivity index (χ3v) is 7.78. The van der Waals surface area contributed by atoms with E-state index in [0.29, 0.717) is 66.9 Å². The molecule has 2 amide bonds. The Bertz CT molecular complexity index is 1110. The summed E-state index contributed by atoms with van der Waals surface area (Å²) in [6.07, 6.45) is 4.46. The van der Waals surface area contributed by atoms with Crippen LogP contribution in [0.5, 0.6) is 11.5 Å². The van der Waals surface area contributed by atoms with Crippen LogP contribution in [0.15, 0.2) is 12.1 Å². The van der Waals surface area contributed by atoms with E-state index < -0.39 is 0 Å². The fourth-order valence-electron chi connectivity index (χ4n) is 6.35. The number of rotatable bonds is 3. The number of amides is 2. The van der Waals surface area contributed by atoms with Gasteiger partial charge in [-0.25, -0.2) is 0 Å². The third kappa shape index (κ3) is 2.84. The lowest BCUT2D eigenvalue weighted by atomic mass is 9.76. The molecule has 4 heterocycles. The van der Waals surface area contributed by atoms with Crippen LogP contribution in [-0.2, 0) is 11.2 Å². The molecule has 1 aliphatic carbocycles. The summed E-state index contributed by atoms with van der Waals surface area (Å²) in [4.78, 5) is 30.1. The second-order valence-corrected chi connectivity index (χ2v) is 9.54. The first-order valence-electron chi connectivity index (χ1n) is 11.5. The van der Waals surface area contributed by atoms with Crippen molar-refractivity contribution < 1.29 is 19.1 Å². The number of benzene rings is 1. The van der Waals surface area contributed by atoms with E-state index >= 15 is 0 Å². The first-order valence-corrected chi connectivity index (χ1v) is 11.5. The number of nitrogens with one attached hydrogen (secondary N) is 1. The lowest BCUT2D eigenvalue weighted by Crippen LogP contribution is -2.61. The van der Waals surface area contributed by atoms with E-state index in [1.807, 2.05) is 17.0 Å². The molecule has 6 rings (SSSR count). The smallest absolute Gasteiger partial charge is 0.272 e. The average Bonchev–Trinajstić information content (AvgIpc) is 3.37. The van der Waals surface area contributed by atoms with Gasteiger partial charge >= 0.3 is 0 Å². The number of ether oxygens (including phenoxy) is 2. The van der Waals surface area contributed by atoms with Crippen LogP contribution in [0.4, 0.5) is 0 Å². The molecule has 1 aromatic heterocycles. The van der Waals surface area contributed by atoms with Crippen molar-refractivity contribution in [3.63, 3.8) is 0 Å². The van der Waals surface area contributed by atoms with Crippen LogP contribution in [0.2, 0.25) is 0 Å². The average molecular weight is 437 g/mol. The van der Waals surface area contributed by atoms with Gasteiger partial charge in [0.15, 0.2) is 11.5 Å². The number of carbonyl (C=O) groups excluding carboxylic acids is 2. The van der Waals surface area contributed by atoms with E-state index in [4.69, 9.17) is 9.47 Å². The highest BCUT2D eigenvalue weighted by atomic mass is 16.5. The summed E-state index contributed by atoms with van der Waals surface area (Å²) >= 11 is 0. The maximum absolute atomic E-state index is 13.6. The quantitative estimate of drug-likeness (QED) is 0.682. The molecular formula is C24H28N4O4. The number of hydrogen-bond acceptors (Lipinski definition) is 5. The number of piperidine rings is 3. The number of likely N-dealkylation sites (tertiary alicyclic amines) is 1. The molecule has 8 heteroatoms. The monoisotopic (exact) mass is 436 g/mol. The van der Waals surface area contributed by atoms with E-state index in [-0.39, 0.29) is 5.91 Å². The minimum Gasteiger partial charge on any atom is -0.493 e. The third-order valence-electron chi connectivity index (χ3n) is 7.78. The fraction of sp³-hybridized carbons (Fsp3) is 0.542. The molecule has 0 spiro atoms. The Kier molecular flexibility index (Phi) is 4.45. The molecule has 0 radical (unpaired) electrons. The number of methoxy groups -OCH3 is 2. The minimum atomic E-state index is 0.0239. The Balaban J connectivity index is 1.26. The molecule has 168 valence electrons. The Labute approximate surface area is 186 Å². The Hall–Kier alpha value is -3.03. The van der Waals surface area contributed by atoms with Crippen molar-refractivity contribution in [1.82, 2.24) is 20.0 Å². The van der Waals surface area contributed by atoms with Crippen LogP contribution in [0.25, 0.3) is 11.3 Å². The van der Waals surface area contributed by atoms with Crippen molar-refractivity contribution in [2.45, 2.75) is 38.1 Å². The highest BCUT2D eigenvalue weighted by molar-refractivity contribution is 5.97. The zero-order valence-electron chi connectivity index (χ0n) is 18.5. The molecule has 1 aromatic carbocycles. The number of hydrogen-bond donors (Lipinski definition) is 1. The SMILES string of the molecule is COc1cc2c(cc1OC)-c1n[nH]c(C(=O)N3C[C@H]4C[C@@H](C3)[C@@H]3CCCC(=O)N3C4)c1C2. The summed E-state index contributed by atoms with van der Waals surface area (Å²) in [5.74, 6) is 2.39. The van der Waals surface area contributed by atoms with E-state index in [1.165, 1.54) is 0 Å². The van der Waals surface area contributed by atoms with Crippen molar-refractivity contribution in [2.24, 2.45) is 11.8 Å². The van der Waals surface area contributed by atoms with Gasteiger partial charge in [0.05, 0.1) is 19.9 Å². The predicted molar refractivity (Wildman–Crippen MR) is 117 cm³/mol. The van der Waals surface area contributed by atoms with Gasteiger partial charge in [-0.05, 0) is 48.8 Å². The number of aromatic amines is 1. The molecule has 3 fully saturated rings. The van der Waals surface area contributed by atoms with Crippen molar-refractivity contribution in [1.29, 1.82) is 0 Å². The first-order chi connectivity index (χ1) is 15.6. The van der Waals surface area contributed by atoms with Crippen LogP contribution in [0, 0.1) is 11.8 Å². The van der Waals surface area contributed by atoms with Gasteiger partial charge in [0.25, 0.3) is 5.91 Å². The molecule has 3 aliphatic heterocycles. The van der Waals surface area contributed by atoms with Crippen molar-refractivity contribution >= 4 is 11.8 Å².